The molecule has 2 aliphatic rings. The van der Waals surface area contributed by atoms with Crippen LogP contribution in [0, 0.1) is 5.92 Å². The molecule has 0 bridgehead atoms. The van der Waals surface area contributed by atoms with E-state index in [2.05, 4.69) is 23.9 Å². The third-order valence-electron chi connectivity index (χ3n) is 4.17. The van der Waals surface area contributed by atoms with Crippen molar-refractivity contribution in [2.24, 2.45) is 5.92 Å². The van der Waals surface area contributed by atoms with E-state index in [0.29, 0.717) is 38.3 Å². The highest BCUT2D eigenvalue weighted by Crippen LogP contribution is 2.19. The average molecular weight is 319 g/mol. The Morgan fingerprint density at radius 2 is 1.95 bits per heavy atom. The van der Waals surface area contributed by atoms with Gasteiger partial charge in [-0.15, -0.1) is 0 Å². The lowest BCUT2D eigenvalue weighted by molar-refractivity contribution is 0.0826. The Hall–Kier alpha value is -0.210. The Morgan fingerprint density at radius 1 is 1.24 bits per heavy atom. The number of nitrogens with one attached hydrogen (secondary N) is 2. The van der Waals surface area contributed by atoms with Crippen LogP contribution in [0.5, 0.6) is 0 Å². The minimum atomic E-state index is -3.35. The molecule has 0 spiro atoms. The van der Waals surface area contributed by atoms with Gasteiger partial charge in [0.15, 0.2) is 0 Å². The van der Waals surface area contributed by atoms with Crippen molar-refractivity contribution < 1.29 is 13.2 Å². The van der Waals surface area contributed by atoms with Gasteiger partial charge in [-0.25, -0.2) is 0 Å². The lowest BCUT2D eigenvalue weighted by Crippen LogP contribution is -2.51. The molecule has 6 nitrogen and oxygen atoms in total. The molecule has 1 atom stereocenters. The Morgan fingerprint density at radius 3 is 2.62 bits per heavy atom. The Balaban J connectivity index is 1.86. The quantitative estimate of drug-likeness (QED) is 0.756. The van der Waals surface area contributed by atoms with Crippen molar-refractivity contribution in [3.05, 3.63) is 0 Å². The minimum Gasteiger partial charge on any atom is -0.381 e. The number of nitrogens with zero attached hydrogens (tertiary/aromatic N) is 1. The van der Waals surface area contributed by atoms with Crippen LogP contribution in [0.2, 0.25) is 0 Å². The molecular weight excluding hydrogens is 290 g/mol. The van der Waals surface area contributed by atoms with Crippen molar-refractivity contribution in [2.75, 3.05) is 32.8 Å². The SMILES string of the molecule is CC(C)NCC1CCCN(S(=O)(=O)NC2CCOCC2)C1. The van der Waals surface area contributed by atoms with Gasteiger partial charge in [0, 0.05) is 38.4 Å². The van der Waals surface area contributed by atoms with E-state index in [4.69, 9.17) is 4.74 Å². The first-order valence-corrected chi connectivity index (χ1v) is 9.50. The van der Waals surface area contributed by atoms with Crippen LogP contribution in [-0.4, -0.2) is 57.7 Å². The normalized spacial score (nSPS) is 26.3. The molecule has 2 heterocycles. The molecule has 0 aromatic heterocycles. The second-order valence-corrected chi connectivity index (χ2v) is 8.14. The topological polar surface area (TPSA) is 70.7 Å². The predicted octanol–water partition coefficient (Wildman–Crippen LogP) is 0.710. The average Bonchev–Trinajstić information content (AvgIpc) is 2.46. The fourth-order valence-electron chi connectivity index (χ4n) is 2.91. The summed E-state index contributed by atoms with van der Waals surface area (Å²) in [6, 6.07) is 0.468. The van der Waals surface area contributed by atoms with E-state index in [1.165, 1.54) is 0 Å². The van der Waals surface area contributed by atoms with Crippen LogP contribution in [0.25, 0.3) is 0 Å². The molecule has 0 aliphatic carbocycles. The van der Waals surface area contributed by atoms with Crippen LogP contribution in [0.1, 0.15) is 39.5 Å². The number of piperidine rings is 1. The van der Waals surface area contributed by atoms with Gasteiger partial charge in [-0.2, -0.15) is 17.4 Å². The van der Waals surface area contributed by atoms with Crippen molar-refractivity contribution in [1.82, 2.24) is 14.3 Å². The van der Waals surface area contributed by atoms with E-state index < -0.39 is 10.2 Å². The lowest BCUT2D eigenvalue weighted by atomic mass is 9.99. The lowest BCUT2D eigenvalue weighted by Gasteiger charge is -2.34. The van der Waals surface area contributed by atoms with Crippen molar-refractivity contribution in [2.45, 2.75) is 51.6 Å². The van der Waals surface area contributed by atoms with Gasteiger partial charge in [0.2, 0.25) is 0 Å². The molecule has 2 N–H and O–H groups in total. The molecule has 2 rings (SSSR count). The summed E-state index contributed by atoms with van der Waals surface area (Å²) in [5.41, 5.74) is 0. The zero-order valence-electron chi connectivity index (χ0n) is 13.2. The zero-order valence-corrected chi connectivity index (χ0v) is 14.0. The second-order valence-electron chi connectivity index (χ2n) is 6.44. The summed E-state index contributed by atoms with van der Waals surface area (Å²) in [7, 11) is -3.35. The maximum absolute atomic E-state index is 12.5. The summed E-state index contributed by atoms with van der Waals surface area (Å²) >= 11 is 0. The second kappa shape index (κ2) is 7.87. The van der Waals surface area contributed by atoms with Gasteiger partial charge in [0.05, 0.1) is 0 Å². The predicted molar refractivity (Wildman–Crippen MR) is 83.3 cm³/mol. The molecule has 2 saturated heterocycles. The van der Waals surface area contributed by atoms with Crippen LogP contribution in [0.15, 0.2) is 0 Å². The molecule has 0 radical (unpaired) electrons. The summed E-state index contributed by atoms with van der Waals surface area (Å²) in [6.07, 6.45) is 3.58. The van der Waals surface area contributed by atoms with Gasteiger partial charge in [-0.05, 0) is 38.1 Å². The molecule has 0 saturated carbocycles. The highest BCUT2D eigenvalue weighted by atomic mass is 32.2. The molecule has 1 unspecified atom stereocenters. The van der Waals surface area contributed by atoms with Crippen LogP contribution in [0.4, 0.5) is 0 Å². The van der Waals surface area contributed by atoms with Gasteiger partial charge in [0.1, 0.15) is 0 Å². The van der Waals surface area contributed by atoms with E-state index >= 15 is 0 Å². The summed E-state index contributed by atoms with van der Waals surface area (Å²) < 4.78 is 34.7. The summed E-state index contributed by atoms with van der Waals surface area (Å²) in [5, 5.41) is 3.41. The summed E-state index contributed by atoms with van der Waals surface area (Å²) in [4.78, 5) is 0. The third kappa shape index (κ3) is 5.49. The van der Waals surface area contributed by atoms with E-state index in [9.17, 15) is 8.42 Å². The monoisotopic (exact) mass is 319 g/mol. The highest BCUT2D eigenvalue weighted by molar-refractivity contribution is 7.87. The maximum Gasteiger partial charge on any atom is 0.279 e. The number of ether oxygens (including phenoxy) is 1. The summed E-state index contributed by atoms with van der Waals surface area (Å²) in [5.74, 6) is 0.410. The third-order valence-corrected chi connectivity index (χ3v) is 5.82. The molecule has 7 heteroatoms. The first-order chi connectivity index (χ1) is 9.97. The largest absolute Gasteiger partial charge is 0.381 e. The molecule has 124 valence electrons. The standard InChI is InChI=1S/C14H29N3O3S/c1-12(2)15-10-13-4-3-7-17(11-13)21(18,19)16-14-5-8-20-9-6-14/h12-16H,3-11H2,1-2H3. The number of hydrogen-bond donors (Lipinski definition) is 2. The minimum absolute atomic E-state index is 0.0258. The first kappa shape index (κ1) is 17.1. The Bertz CT molecular complexity index is 408. The number of hydrogen-bond acceptors (Lipinski definition) is 4. The maximum atomic E-state index is 12.5. The van der Waals surface area contributed by atoms with Gasteiger partial charge in [0.25, 0.3) is 10.2 Å². The van der Waals surface area contributed by atoms with Gasteiger partial charge < -0.3 is 10.1 Å². The van der Waals surface area contributed by atoms with Gasteiger partial charge in [-0.3, -0.25) is 0 Å². The van der Waals surface area contributed by atoms with Gasteiger partial charge >= 0.3 is 0 Å². The van der Waals surface area contributed by atoms with E-state index in [0.717, 1.165) is 32.2 Å². The molecule has 0 aromatic carbocycles. The zero-order chi connectivity index (χ0) is 15.3. The molecule has 2 aliphatic heterocycles. The first-order valence-electron chi connectivity index (χ1n) is 8.06. The van der Waals surface area contributed by atoms with E-state index in [1.54, 1.807) is 4.31 Å². The van der Waals surface area contributed by atoms with Crippen LogP contribution in [-0.2, 0) is 14.9 Å². The van der Waals surface area contributed by atoms with Crippen molar-refractivity contribution >= 4 is 10.2 Å². The highest BCUT2D eigenvalue weighted by Gasteiger charge is 2.30. The fourth-order valence-corrected chi connectivity index (χ4v) is 4.50. The Kier molecular flexibility index (Phi) is 6.43. The smallest absolute Gasteiger partial charge is 0.279 e. The van der Waals surface area contributed by atoms with E-state index in [-0.39, 0.29) is 6.04 Å². The fraction of sp³-hybridized carbons (Fsp3) is 1.00. The van der Waals surface area contributed by atoms with Crippen molar-refractivity contribution in [3.8, 4) is 0 Å². The summed E-state index contributed by atoms with van der Waals surface area (Å²) in [6.45, 7) is 7.67. The molecular formula is C14H29N3O3S. The Labute approximate surface area is 128 Å². The molecule has 0 aromatic rings. The van der Waals surface area contributed by atoms with Crippen molar-refractivity contribution in [1.29, 1.82) is 0 Å². The number of rotatable bonds is 6. The van der Waals surface area contributed by atoms with Crippen LogP contribution in [0.3, 0.4) is 0 Å². The van der Waals surface area contributed by atoms with E-state index in [1.807, 2.05) is 0 Å². The van der Waals surface area contributed by atoms with Crippen molar-refractivity contribution in [3.63, 3.8) is 0 Å². The van der Waals surface area contributed by atoms with Crippen LogP contribution >= 0.6 is 0 Å². The molecule has 0 amide bonds. The molecule has 2 fully saturated rings. The van der Waals surface area contributed by atoms with Gasteiger partial charge in [-0.1, -0.05) is 13.8 Å². The molecule has 21 heavy (non-hydrogen) atoms. The van der Waals surface area contributed by atoms with Crippen LogP contribution < -0.4 is 10.0 Å².